The molecule has 2 N–H and O–H groups in total. The van der Waals surface area contributed by atoms with Gasteiger partial charge in [0.25, 0.3) is 5.91 Å². The fraction of sp³-hybridized carbons (Fsp3) is 0.480. The van der Waals surface area contributed by atoms with Crippen molar-refractivity contribution in [3.8, 4) is 6.07 Å². The highest BCUT2D eigenvalue weighted by molar-refractivity contribution is 6.02. The van der Waals surface area contributed by atoms with Gasteiger partial charge in [0.2, 0.25) is 6.29 Å². The molecule has 0 bridgehead atoms. The number of ether oxygens (including phenoxy) is 4. The van der Waals surface area contributed by atoms with Crippen LogP contribution < -0.4 is 20.4 Å². The normalized spacial score (nSPS) is 15.3. The van der Waals surface area contributed by atoms with Crippen molar-refractivity contribution in [1.82, 2.24) is 9.97 Å². The summed E-state index contributed by atoms with van der Waals surface area (Å²) < 4.78 is 21.3. The number of hydrogen-bond acceptors (Lipinski definition) is 10. The second-order valence-electron chi connectivity index (χ2n) is 8.61. The molecule has 0 aromatic carbocycles. The third-order valence-electron chi connectivity index (χ3n) is 6.22. The first kappa shape index (κ1) is 27.2. The first-order valence-electron chi connectivity index (χ1n) is 12.2. The smallest absolute Gasteiger partial charge is 0.328 e. The fourth-order valence-corrected chi connectivity index (χ4v) is 4.40. The first-order valence-corrected chi connectivity index (χ1v) is 12.2. The molecule has 0 atom stereocenters. The molecule has 2 aromatic rings. The largest absolute Gasteiger partial charge is 0.383 e. The molecule has 202 valence electrons. The van der Waals surface area contributed by atoms with Gasteiger partial charge >= 0.3 is 6.03 Å². The standard InChI is InChI=1S/C25H31N7O6/c1-35-9-6-27-18-12-20(28-14-17(18)13-26)29-25(34)32-7-4-5-16-11-19(31-8-10-38-15-21(31)33)22(30-23(16)32)24(36-2)37-3/h11-12,14,24H,4-10,15H2,1-3H3,(H2,27,28,29,34). The number of morpholine rings is 1. The summed E-state index contributed by atoms with van der Waals surface area (Å²) in [7, 11) is 4.56. The van der Waals surface area contributed by atoms with E-state index in [9.17, 15) is 14.9 Å². The summed E-state index contributed by atoms with van der Waals surface area (Å²) >= 11 is 0. The molecule has 4 heterocycles. The van der Waals surface area contributed by atoms with Crippen molar-refractivity contribution in [2.75, 3.05) is 81.2 Å². The van der Waals surface area contributed by atoms with Gasteiger partial charge in [0, 0.05) is 53.2 Å². The van der Waals surface area contributed by atoms with Gasteiger partial charge in [-0.3, -0.25) is 15.0 Å². The van der Waals surface area contributed by atoms with Gasteiger partial charge in [-0.05, 0) is 24.5 Å². The van der Waals surface area contributed by atoms with Gasteiger partial charge in [-0.15, -0.1) is 0 Å². The number of nitriles is 1. The molecule has 0 radical (unpaired) electrons. The number of rotatable bonds is 9. The third-order valence-corrected chi connectivity index (χ3v) is 6.22. The summed E-state index contributed by atoms with van der Waals surface area (Å²) in [6.45, 7) is 2.14. The molecular formula is C25H31N7O6. The van der Waals surface area contributed by atoms with E-state index in [-0.39, 0.29) is 18.3 Å². The number of aromatic nitrogens is 2. The number of aryl methyl sites for hydroxylation is 1. The van der Waals surface area contributed by atoms with Gasteiger partial charge in [0.15, 0.2) is 0 Å². The molecule has 2 aliphatic heterocycles. The van der Waals surface area contributed by atoms with Gasteiger partial charge in [-0.2, -0.15) is 5.26 Å². The monoisotopic (exact) mass is 525 g/mol. The van der Waals surface area contributed by atoms with Crippen LogP contribution >= 0.6 is 0 Å². The van der Waals surface area contributed by atoms with Crippen LogP contribution in [-0.2, 0) is 30.2 Å². The molecule has 1 saturated heterocycles. The number of urea groups is 1. The van der Waals surface area contributed by atoms with Crippen LogP contribution in [0.15, 0.2) is 18.3 Å². The van der Waals surface area contributed by atoms with Crippen LogP contribution in [0, 0.1) is 11.3 Å². The third kappa shape index (κ3) is 5.84. The molecule has 2 aliphatic rings. The lowest BCUT2D eigenvalue weighted by Crippen LogP contribution is -2.43. The van der Waals surface area contributed by atoms with E-state index < -0.39 is 12.3 Å². The van der Waals surface area contributed by atoms with Gasteiger partial charge in [-0.25, -0.2) is 14.8 Å². The van der Waals surface area contributed by atoms with Crippen LogP contribution in [0.4, 0.5) is 27.8 Å². The Bertz CT molecular complexity index is 1210. The summed E-state index contributed by atoms with van der Waals surface area (Å²) in [6, 6.07) is 5.14. The molecular weight excluding hydrogens is 494 g/mol. The molecule has 4 rings (SSSR count). The second-order valence-corrected chi connectivity index (χ2v) is 8.61. The topological polar surface area (TPSA) is 151 Å². The molecule has 38 heavy (non-hydrogen) atoms. The van der Waals surface area contributed by atoms with Crippen molar-refractivity contribution in [2.24, 2.45) is 0 Å². The maximum Gasteiger partial charge on any atom is 0.328 e. The van der Waals surface area contributed by atoms with Crippen molar-refractivity contribution in [3.05, 3.63) is 35.2 Å². The van der Waals surface area contributed by atoms with E-state index in [2.05, 4.69) is 21.7 Å². The zero-order valence-corrected chi connectivity index (χ0v) is 21.7. The first-order chi connectivity index (χ1) is 18.5. The Balaban J connectivity index is 1.64. The highest BCUT2D eigenvalue weighted by Crippen LogP contribution is 2.36. The van der Waals surface area contributed by atoms with Crippen molar-refractivity contribution in [1.29, 1.82) is 5.26 Å². The van der Waals surface area contributed by atoms with Crippen LogP contribution in [0.3, 0.4) is 0 Å². The predicted molar refractivity (Wildman–Crippen MR) is 138 cm³/mol. The number of carbonyl (C=O) groups excluding carboxylic acids is 2. The molecule has 0 aliphatic carbocycles. The van der Waals surface area contributed by atoms with E-state index in [4.69, 9.17) is 23.9 Å². The molecule has 0 saturated carbocycles. The Kier molecular flexibility index (Phi) is 9.03. The molecule has 13 nitrogen and oxygen atoms in total. The van der Waals surface area contributed by atoms with Crippen molar-refractivity contribution >= 4 is 34.9 Å². The number of carbonyl (C=O) groups is 2. The van der Waals surface area contributed by atoms with Gasteiger partial charge in [-0.1, -0.05) is 0 Å². The molecule has 3 amide bonds. The highest BCUT2D eigenvalue weighted by atomic mass is 16.7. The van der Waals surface area contributed by atoms with Crippen LogP contribution in [0.5, 0.6) is 0 Å². The Morgan fingerprint density at radius 1 is 1.26 bits per heavy atom. The van der Waals surface area contributed by atoms with Crippen molar-refractivity contribution in [2.45, 2.75) is 19.1 Å². The zero-order valence-electron chi connectivity index (χ0n) is 21.7. The summed E-state index contributed by atoms with van der Waals surface area (Å²) in [5.74, 6) is 0.556. The minimum absolute atomic E-state index is 0.0183. The summed E-state index contributed by atoms with van der Waals surface area (Å²) in [5.41, 5.74) is 2.68. The molecule has 0 spiro atoms. The molecule has 1 fully saturated rings. The van der Waals surface area contributed by atoms with Crippen molar-refractivity contribution in [3.63, 3.8) is 0 Å². The number of nitrogens with zero attached hydrogens (tertiary/aromatic N) is 5. The lowest BCUT2D eigenvalue weighted by atomic mass is 10.0. The average molecular weight is 526 g/mol. The minimum atomic E-state index is -0.848. The van der Waals surface area contributed by atoms with E-state index in [1.807, 2.05) is 6.07 Å². The summed E-state index contributed by atoms with van der Waals surface area (Å²) in [4.78, 5) is 38.2. The zero-order chi connectivity index (χ0) is 27.1. The van der Waals surface area contributed by atoms with E-state index in [0.29, 0.717) is 74.1 Å². The molecule has 13 heteroatoms. The number of pyridine rings is 2. The molecule has 0 unspecified atom stereocenters. The maximum absolute atomic E-state index is 13.4. The van der Waals surface area contributed by atoms with E-state index >= 15 is 0 Å². The number of amides is 3. The number of hydrogen-bond donors (Lipinski definition) is 2. The maximum atomic E-state index is 13.4. The van der Waals surface area contributed by atoms with Gasteiger partial charge in [0.05, 0.1) is 30.2 Å². The number of methoxy groups -OCH3 is 3. The van der Waals surface area contributed by atoms with Crippen LogP contribution in [0.2, 0.25) is 0 Å². The van der Waals surface area contributed by atoms with Crippen LogP contribution in [0.25, 0.3) is 0 Å². The van der Waals surface area contributed by atoms with E-state index in [1.165, 1.54) is 25.3 Å². The average Bonchev–Trinajstić information content (AvgIpc) is 2.93. The summed E-state index contributed by atoms with van der Waals surface area (Å²) in [5, 5.41) is 15.3. The van der Waals surface area contributed by atoms with Gasteiger partial charge < -0.3 is 29.2 Å². The van der Waals surface area contributed by atoms with Crippen molar-refractivity contribution < 1.29 is 28.5 Å². The second kappa shape index (κ2) is 12.6. The molecule has 2 aromatic heterocycles. The number of fused-ring (bicyclic) bond motifs is 1. The van der Waals surface area contributed by atoms with Crippen LogP contribution in [-0.4, -0.2) is 82.7 Å². The summed E-state index contributed by atoms with van der Waals surface area (Å²) in [6.07, 6.45) is 1.95. The van der Waals surface area contributed by atoms with Crippen LogP contribution in [0.1, 0.15) is 29.5 Å². The number of nitrogens with one attached hydrogen (secondary N) is 2. The fourth-order valence-electron chi connectivity index (χ4n) is 4.40. The van der Waals surface area contributed by atoms with E-state index in [0.717, 1.165) is 5.56 Å². The Morgan fingerprint density at radius 3 is 2.79 bits per heavy atom. The Hall–Kier alpha value is -3.83. The Morgan fingerprint density at radius 2 is 2.08 bits per heavy atom. The number of anilines is 4. The predicted octanol–water partition coefficient (Wildman–Crippen LogP) is 2.05. The lowest BCUT2D eigenvalue weighted by molar-refractivity contribution is -0.126. The van der Waals surface area contributed by atoms with E-state index in [1.54, 1.807) is 18.1 Å². The minimum Gasteiger partial charge on any atom is -0.383 e. The lowest BCUT2D eigenvalue weighted by Gasteiger charge is -2.34. The highest BCUT2D eigenvalue weighted by Gasteiger charge is 2.32. The Labute approximate surface area is 220 Å². The SMILES string of the molecule is COCCNc1cc(NC(=O)N2CCCc3cc(N4CCOCC4=O)c(C(OC)OC)nc32)ncc1C#N. The van der Waals surface area contributed by atoms with Gasteiger partial charge in [0.1, 0.15) is 30.0 Å². The quantitative estimate of drug-likeness (QED) is 0.368.